The van der Waals surface area contributed by atoms with Gasteiger partial charge in [-0.05, 0) is 40.5 Å². The summed E-state index contributed by atoms with van der Waals surface area (Å²) in [6, 6.07) is 12.4. The van der Waals surface area contributed by atoms with Crippen molar-refractivity contribution in [1.29, 1.82) is 0 Å². The minimum Gasteiger partial charge on any atom is -0.352 e. The molecule has 0 atom stereocenters. The number of pyridine rings is 1. The zero-order valence-corrected chi connectivity index (χ0v) is 18.1. The summed E-state index contributed by atoms with van der Waals surface area (Å²) in [5, 5.41) is 6.62. The van der Waals surface area contributed by atoms with E-state index in [1.165, 1.54) is 11.1 Å². The first-order valence-corrected chi connectivity index (χ1v) is 8.56. The summed E-state index contributed by atoms with van der Waals surface area (Å²) in [5.41, 5.74) is 4.38. The van der Waals surface area contributed by atoms with Gasteiger partial charge in [-0.25, -0.2) is 4.98 Å². The highest BCUT2D eigenvalue weighted by molar-refractivity contribution is 14.0. The van der Waals surface area contributed by atoms with Gasteiger partial charge in [0.15, 0.2) is 5.96 Å². The number of rotatable bonds is 4. The average Bonchev–Trinajstić information content (AvgIpc) is 2.97. The topological polar surface area (TPSA) is 53.7 Å². The van der Waals surface area contributed by atoms with Crippen LogP contribution in [0.2, 0.25) is 0 Å². The van der Waals surface area contributed by atoms with Crippen LogP contribution in [0, 0.1) is 6.92 Å². The van der Waals surface area contributed by atoms with Gasteiger partial charge in [0.25, 0.3) is 0 Å². The lowest BCUT2D eigenvalue weighted by Gasteiger charge is -2.11. The number of nitrogens with one attached hydrogen (secondary N) is 2. The second-order valence-corrected chi connectivity index (χ2v) is 6.53. The highest BCUT2D eigenvalue weighted by Crippen LogP contribution is 2.12. The molecule has 2 N–H and O–H groups in total. The van der Waals surface area contributed by atoms with Gasteiger partial charge in [0.2, 0.25) is 0 Å². The standard InChI is InChI=1S/C18H20BrN5.HI/c1-13-4-3-5-14(8-13)9-21-18(20-2)22-10-16-12-24-11-15(19)6-7-17(24)23-16;/h3-8,11-12H,9-10H2,1-2H3,(H2,20,21,22);1H. The molecule has 2 heterocycles. The molecule has 0 spiro atoms. The third-order valence-electron chi connectivity index (χ3n) is 3.67. The molecule has 2 aromatic heterocycles. The number of aromatic nitrogens is 2. The van der Waals surface area contributed by atoms with Gasteiger partial charge in [0.1, 0.15) is 5.65 Å². The summed E-state index contributed by atoms with van der Waals surface area (Å²) >= 11 is 3.47. The van der Waals surface area contributed by atoms with Crippen LogP contribution >= 0.6 is 39.9 Å². The molecule has 0 radical (unpaired) electrons. The number of aliphatic imine (C=N–C) groups is 1. The third kappa shape index (κ3) is 5.43. The van der Waals surface area contributed by atoms with Crippen molar-refractivity contribution in [3.8, 4) is 0 Å². The van der Waals surface area contributed by atoms with Crippen LogP contribution in [0.1, 0.15) is 16.8 Å². The average molecular weight is 514 g/mol. The summed E-state index contributed by atoms with van der Waals surface area (Å²) in [6.45, 7) is 3.45. The van der Waals surface area contributed by atoms with Gasteiger partial charge in [-0.1, -0.05) is 29.8 Å². The Morgan fingerprint density at radius 3 is 2.72 bits per heavy atom. The summed E-state index contributed by atoms with van der Waals surface area (Å²) in [7, 11) is 1.77. The second kappa shape index (κ2) is 9.19. The lowest BCUT2D eigenvalue weighted by molar-refractivity contribution is 0.798. The van der Waals surface area contributed by atoms with E-state index >= 15 is 0 Å². The monoisotopic (exact) mass is 513 g/mol. The van der Waals surface area contributed by atoms with Gasteiger partial charge >= 0.3 is 0 Å². The van der Waals surface area contributed by atoms with E-state index in [0.717, 1.165) is 28.3 Å². The van der Waals surface area contributed by atoms with Crippen molar-refractivity contribution in [1.82, 2.24) is 20.0 Å². The van der Waals surface area contributed by atoms with Gasteiger partial charge in [-0.15, -0.1) is 24.0 Å². The van der Waals surface area contributed by atoms with Crippen molar-refractivity contribution >= 4 is 51.5 Å². The summed E-state index contributed by atoms with van der Waals surface area (Å²) in [5.74, 6) is 0.759. The number of nitrogens with zero attached hydrogens (tertiary/aromatic N) is 3. The van der Waals surface area contributed by atoms with E-state index in [2.05, 4.69) is 67.7 Å². The maximum absolute atomic E-state index is 4.59. The molecule has 0 unspecified atom stereocenters. The van der Waals surface area contributed by atoms with E-state index in [1.807, 2.05) is 28.9 Å². The van der Waals surface area contributed by atoms with Crippen molar-refractivity contribution in [2.24, 2.45) is 4.99 Å². The summed E-state index contributed by atoms with van der Waals surface area (Å²) < 4.78 is 3.03. The number of imidazole rings is 1. The highest BCUT2D eigenvalue weighted by Gasteiger charge is 2.04. The van der Waals surface area contributed by atoms with Gasteiger partial charge in [0, 0.05) is 30.5 Å². The predicted octanol–water partition coefficient (Wildman–Crippen LogP) is 3.89. The molecule has 25 heavy (non-hydrogen) atoms. The fourth-order valence-corrected chi connectivity index (χ4v) is 2.86. The van der Waals surface area contributed by atoms with E-state index in [9.17, 15) is 0 Å². The minimum atomic E-state index is 0. The Labute approximate surface area is 173 Å². The van der Waals surface area contributed by atoms with Crippen LogP contribution in [-0.2, 0) is 13.1 Å². The number of guanidine groups is 1. The summed E-state index contributed by atoms with van der Waals surface area (Å²) in [6.07, 6.45) is 4.01. The minimum absolute atomic E-state index is 0. The zero-order valence-electron chi connectivity index (χ0n) is 14.2. The Kier molecular flexibility index (Phi) is 7.24. The van der Waals surface area contributed by atoms with Crippen LogP contribution in [-0.4, -0.2) is 22.4 Å². The van der Waals surface area contributed by atoms with Crippen LogP contribution < -0.4 is 10.6 Å². The number of hydrogen-bond donors (Lipinski definition) is 2. The molecular weight excluding hydrogens is 493 g/mol. The molecule has 0 bridgehead atoms. The number of fused-ring (bicyclic) bond motifs is 1. The van der Waals surface area contributed by atoms with Gasteiger partial charge in [0.05, 0.1) is 12.2 Å². The third-order valence-corrected chi connectivity index (χ3v) is 4.14. The molecule has 3 aromatic rings. The van der Waals surface area contributed by atoms with Crippen LogP contribution in [0.5, 0.6) is 0 Å². The van der Waals surface area contributed by atoms with Gasteiger partial charge < -0.3 is 15.0 Å². The van der Waals surface area contributed by atoms with E-state index in [-0.39, 0.29) is 24.0 Å². The highest BCUT2D eigenvalue weighted by atomic mass is 127. The zero-order chi connectivity index (χ0) is 16.9. The molecule has 132 valence electrons. The van der Waals surface area contributed by atoms with Crippen molar-refractivity contribution in [2.75, 3.05) is 7.05 Å². The molecule has 1 aromatic carbocycles. The molecule has 3 rings (SSSR count). The molecule has 0 fully saturated rings. The van der Waals surface area contributed by atoms with Crippen LogP contribution in [0.25, 0.3) is 5.65 Å². The van der Waals surface area contributed by atoms with Crippen molar-refractivity contribution in [2.45, 2.75) is 20.0 Å². The SMILES string of the molecule is CN=C(NCc1cccc(C)c1)NCc1cn2cc(Br)ccc2n1.I. The fraction of sp³-hybridized carbons (Fsp3) is 0.222. The first-order chi connectivity index (χ1) is 11.6. The summed E-state index contributed by atoms with van der Waals surface area (Å²) in [4.78, 5) is 8.85. The van der Waals surface area contributed by atoms with Crippen molar-refractivity contribution in [3.63, 3.8) is 0 Å². The molecule has 7 heteroatoms. The van der Waals surface area contributed by atoms with Crippen LogP contribution in [0.4, 0.5) is 0 Å². The maximum atomic E-state index is 4.59. The smallest absolute Gasteiger partial charge is 0.191 e. The number of aryl methyl sites for hydroxylation is 1. The van der Waals surface area contributed by atoms with E-state index < -0.39 is 0 Å². The number of benzene rings is 1. The normalized spacial score (nSPS) is 11.2. The molecular formula is C18H21BrIN5. The van der Waals surface area contributed by atoms with E-state index in [0.29, 0.717) is 6.54 Å². The van der Waals surface area contributed by atoms with Gasteiger partial charge in [-0.3, -0.25) is 4.99 Å². The van der Waals surface area contributed by atoms with Crippen LogP contribution in [0.15, 0.2) is 58.3 Å². The predicted molar refractivity (Wildman–Crippen MR) is 117 cm³/mol. The van der Waals surface area contributed by atoms with Gasteiger partial charge in [-0.2, -0.15) is 0 Å². The Morgan fingerprint density at radius 2 is 1.96 bits per heavy atom. The molecule has 0 aliphatic heterocycles. The van der Waals surface area contributed by atoms with E-state index in [4.69, 9.17) is 0 Å². The van der Waals surface area contributed by atoms with E-state index in [1.54, 1.807) is 7.05 Å². The van der Waals surface area contributed by atoms with Crippen LogP contribution in [0.3, 0.4) is 0 Å². The molecule has 0 amide bonds. The molecule has 0 aliphatic carbocycles. The lowest BCUT2D eigenvalue weighted by atomic mass is 10.1. The number of hydrogen-bond acceptors (Lipinski definition) is 2. The molecule has 0 saturated carbocycles. The van der Waals surface area contributed by atoms with Crippen molar-refractivity contribution in [3.05, 3.63) is 70.1 Å². The Morgan fingerprint density at radius 1 is 1.16 bits per heavy atom. The Balaban J connectivity index is 0.00000225. The lowest BCUT2D eigenvalue weighted by Crippen LogP contribution is -2.36. The molecule has 0 aliphatic rings. The van der Waals surface area contributed by atoms with Crippen molar-refractivity contribution < 1.29 is 0 Å². The second-order valence-electron chi connectivity index (χ2n) is 5.61. The first kappa shape index (κ1) is 19.7. The molecule has 0 saturated heterocycles. The first-order valence-electron chi connectivity index (χ1n) is 7.77. The Bertz CT molecular complexity index is 875. The quantitative estimate of drug-likeness (QED) is 0.316. The fourth-order valence-electron chi connectivity index (χ4n) is 2.51. The maximum Gasteiger partial charge on any atom is 0.191 e. The molecule has 5 nitrogen and oxygen atoms in total. The largest absolute Gasteiger partial charge is 0.352 e. The number of halogens is 2. The Hall–Kier alpha value is -1.61.